The lowest BCUT2D eigenvalue weighted by Gasteiger charge is -2.20. The van der Waals surface area contributed by atoms with Crippen LogP contribution in [0.3, 0.4) is 0 Å². The van der Waals surface area contributed by atoms with Gasteiger partial charge in [0, 0.05) is 34.6 Å². The first-order chi connectivity index (χ1) is 24.5. The van der Waals surface area contributed by atoms with E-state index in [1.165, 1.54) is 38.5 Å². The maximum absolute atomic E-state index is 6.69. The average Bonchev–Trinajstić information content (AvgIpc) is 3.48. The van der Waals surface area contributed by atoms with E-state index in [9.17, 15) is 0 Å². The Morgan fingerprint density at radius 1 is 0.840 bits per heavy atom. The second-order valence-electron chi connectivity index (χ2n) is 12.1. The van der Waals surface area contributed by atoms with Crippen LogP contribution in [-0.4, -0.2) is 10.6 Å². The number of aryl methyl sites for hydroxylation is 2. The maximum atomic E-state index is 6.69. The van der Waals surface area contributed by atoms with E-state index in [1.54, 1.807) is 0 Å². The summed E-state index contributed by atoms with van der Waals surface area (Å²) in [7, 11) is 2.14. The van der Waals surface area contributed by atoms with Crippen LogP contribution in [0.2, 0.25) is 0 Å². The molecule has 1 atom stereocenters. The largest absolute Gasteiger partial charge is 0.398 e. The summed E-state index contributed by atoms with van der Waals surface area (Å²) >= 11 is 0. The van der Waals surface area contributed by atoms with E-state index in [-0.39, 0.29) is 6.04 Å². The molecule has 3 N–H and O–H groups in total. The van der Waals surface area contributed by atoms with E-state index < -0.39 is 0 Å². The fraction of sp³-hybridized carbons (Fsp3) is 0.149. The van der Waals surface area contributed by atoms with Gasteiger partial charge < -0.3 is 15.6 Å². The molecule has 4 aromatic carbocycles. The predicted octanol–water partition coefficient (Wildman–Crippen LogP) is 11.6. The first-order valence-corrected chi connectivity index (χ1v) is 17.6. The Bertz CT molecular complexity index is 2100. The Labute approximate surface area is 298 Å². The molecule has 1 heterocycles. The Kier molecular flexibility index (Phi) is 12.5. The fourth-order valence-corrected chi connectivity index (χ4v) is 6.49. The van der Waals surface area contributed by atoms with Crippen LogP contribution in [0.15, 0.2) is 176 Å². The van der Waals surface area contributed by atoms with Crippen LogP contribution in [0.4, 0.5) is 0 Å². The average molecular weight is 656 g/mol. The molecule has 3 heteroatoms. The fourth-order valence-electron chi connectivity index (χ4n) is 6.49. The molecule has 0 bridgehead atoms. The van der Waals surface area contributed by atoms with Crippen molar-refractivity contribution in [2.45, 2.75) is 39.7 Å². The molecule has 1 unspecified atom stereocenters. The molecule has 0 amide bonds. The number of benzene rings is 4. The molecule has 3 nitrogen and oxygen atoms in total. The van der Waals surface area contributed by atoms with Crippen LogP contribution in [0.5, 0.6) is 0 Å². The van der Waals surface area contributed by atoms with Gasteiger partial charge in [0.25, 0.3) is 0 Å². The molecule has 252 valence electrons. The standard InChI is InChI=1S/C39H37N3.C6H6.C2H6/c1-27(32-24-25-34-33-16-8-10-19-37(33)42(3)39(34)28(32)2)13-11-12-26-41-36-18-9-7-17-35(36)38(40)31-22-20-30(21-23-31)29-14-5-4-6-15-29;1-2-4-6-5-3-1;1-2/h4-5,7-14,16-26,36,41H,1,6,15,40H2,2-3H3;1-6H;1-2H3/b13-11-,26-12-,38-35-;;. The molecule has 0 fully saturated rings. The van der Waals surface area contributed by atoms with Gasteiger partial charge in [0.15, 0.2) is 0 Å². The number of aromatic nitrogens is 1. The quantitative estimate of drug-likeness (QED) is 0.171. The van der Waals surface area contributed by atoms with Crippen molar-refractivity contribution in [3.05, 3.63) is 198 Å². The third-order valence-corrected chi connectivity index (χ3v) is 9.03. The monoisotopic (exact) mass is 655 g/mol. The van der Waals surface area contributed by atoms with Crippen molar-refractivity contribution in [1.29, 1.82) is 0 Å². The summed E-state index contributed by atoms with van der Waals surface area (Å²) in [5, 5.41) is 6.06. The van der Waals surface area contributed by atoms with E-state index in [4.69, 9.17) is 5.73 Å². The van der Waals surface area contributed by atoms with Gasteiger partial charge in [-0.2, -0.15) is 0 Å². The molecule has 0 aliphatic heterocycles. The van der Waals surface area contributed by atoms with Crippen molar-refractivity contribution in [2.24, 2.45) is 12.8 Å². The van der Waals surface area contributed by atoms with Crippen molar-refractivity contribution in [1.82, 2.24) is 9.88 Å². The van der Waals surface area contributed by atoms with Crippen LogP contribution in [0.25, 0.3) is 38.6 Å². The summed E-state index contributed by atoms with van der Waals surface area (Å²) in [6, 6.07) is 33.6. The van der Waals surface area contributed by atoms with Crippen molar-refractivity contribution in [3.63, 3.8) is 0 Å². The summed E-state index contributed by atoms with van der Waals surface area (Å²) in [6.45, 7) is 10.6. The van der Waals surface area contributed by atoms with Gasteiger partial charge in [0.1, 0.15) is 0 Å². The maximum Gasteiger partial charge on any atom is 0.0715 e. The molecule has 0 radical (unpaired) electrons. The number of para-hydroxylation sites is 1. The van der Waals surface area contributed by atoms with Gasteiger partial charge in [-0.3, -0.25) is 0 Å². The van der Waals surface area contributed by atoms with Gasteiger partial charge in [-0.1, -0.05) is 166 Å². The minimum Gasteiger partial charge on any atom is -0.398 e. The number of hydrogen-bond acceptors (Lipinski definition) is 2. The first-order valence-electron chi connectivity index (χ1n) is 17.6. The summed E-state index contributed by atoms with van der Waals surface area (Å²) in [5.74, 6) is 0. The third kappa shape index (κ3) is 8.25. The first kappa shape index (κ1) is 35.5. The molecular weight excluding hydrogens is 607 g/mol. The van der Waals surface area contributed by atoms with Gasteiger partial charge >= 0.3 is 0 Å². The topological polar surface area (TPSA) is 43.0 Å². The number of nitrogens with two attached hydrogens (primary N) is 1. The Hall–Kier alpha value is -5.80. The molecule has 2 aliphatic rings. The lowest BCUT2D eigenvalue weighted by molar-refractivity contribution is 0.806. The highest BCUT2D eigenvalue weighted by Gasteiger charge is 2.15. The molecular formula is C47H49N3. The highest BCUT2D eigenvalue weighted by molar-refractivity contribution is 6.10. The predicted molar refractivity (Wildman–Crippen MR) is 219 cm³/mol. The smallest absolute Gasteiger partial charge is 0.0715 e. The van der Waals surface area contributed by atoms with Crippen molar-refractivity contribution < 1.29 is 0 Å². The lowest BCUT2D eigenvalue weighted by Crippen LogP contribution is -2.26. The molecule has 1 aromatic heterocycles. The second-order valence-corrected chi connectivity index (χ2v) is 12.1. The number of hydrogen-bond donors (Lipinski definition) is 2. The van der Waals surface area contributed by atoms with E-state index >= 15 is 0 Å². The zero-order chi connectivity index (χ0) is 35.3. The van der Waals surface area contributed by atoms with Crippen LogP contribution in [-0.2, 0) is 7.05 Å². The minimum absolute atomic E-state index is 0.00940. The van der Waals surface area contributed by atoms with Gasteiger partial charge in [-0.15, -0.1) is 0 Å². The second kappa shape index (κ2) is 17.6. The molecule has 0 spiro atoms. The van der Waals surface area contributed by atoms with Crippen molar-refractivity contribution >= 4 is 38.6 Å². The number of rotatable bonds is 7. The van der Waals surface area contributed by atoms with E-state index in [0.29, 0.717) is 0 Å². The number of nitrogens with zero attached hydrogens (tertiary/aromatic N) is 1. The van der Waals surface area contributed by atoms with Crippen LogP contribution >= 0.6 is 0 Å². The van der Waals surface area contributed by atoms with E-state index in [1.807, 2.05) is 74.7 Å². The highest BCUT2D eigenvalue weighted by Crippen LogP contribution is 2.34. The van der Waals surface area contributed by atoms with Crippen molar-refractivity contribution in [2.75, 3.05) is 0 Å². The molecule has 0 saturated carbocycles. The molecule has 5 aromatic rings. The lowest BCUT2D eigenvalue weighted by atomic mass is 9.93. The summed E-state index contributed by atoms with van der Waals surface area (Å²) in [5.41, 5.74) is 18.1. The normalized spacial score (nSPS) is 16.2. The van der Waals surface area contributed by atoms with E-state index in [0.717, 1.165) is 40.8 Å². The van der Waals surface area contributed by atoms with Gasteiger partial charge in [0.2, 0.25) is 0 Å². The number of fused-ring (bicyclic) bond motifs is 3. The van der Waals surface area contributed by atoms with Crippen LogP contribution < -0.4 is 11.1 Å². The van der Waals surface area contributed by atoms with Gasteiger partial charge in [-0.25, -0.2) is 0 Å². The Morgan fingerprint density at radius 2 is 1.56 bits per heavy atom. The Morgan fingerprint density at radius 3 is 2.26 bits per heavy atom. The summed E-state index contributed by atoms with van der Waals surface area (Å²) in [4.78, 5) is 0. The summed E-state index contributed by atoms with van der Waals surface area (Å²) in [6.07, 6.45) is 25.1. The highest BCUT2D eigenvalue weighted by atomic mass is 14.9. The summed E-state index contributed by atoms with van der Waals surface area (Å²) < 4.78 is 2.29. The third-order valence-electron chi connectivity index (χ3n) is 9.03. The van der Waals surface area contributed by atoms with Gasteiger partial charge in [-0.05, 0) is 71.5 Å². The molecule has 0 saturated heterocycles. The van der Waals surface area contributed by atoms with Crippen LogP contribution in [0, 0.1) is 6.92 Å². The molecule has 7 rings (SSSR count). The zero-order valence-corrected chi connectivity index (χ0v) is 29.8. The van der Waals surface area contributed by atoms with E-state index in [2.05, 4.69) is 134 Å². The van der Waals surface area contributed by atoms with Crippen LogP contribution in [0.1, 0.15) is 48.9 Å². The number of allylic oxidation sites excluding steroid dienone is 10. The van der Waals surface area contributed by atoms with Gasteiger partial charge in [0.05, 0.1) is 11.6 Å². The zero-order valence-electron chi connectivity index (χ0n) is 29.8. The number of nitrogens with one attached hydrogen (secondary N) is 1. The molecule has 2 aliphatic carbocycles. The SMILES string of the molecule is C=C(/C=C\C=C/NC1C=CC=C/C1=C(/N)c1ccc(C2=CC=CCC2)cc1)c1ccc2c3ccccc3n(C)c2c1C.CC.c1ccccc1. The Balaban J connectivity index is 0.000000543. The molecule has 50 heavy (non-hydrogen) atoms. The van der Waals surface area contributed by atoms with Crippen molar-refractivity contribution in [3.8, 4) is 0 Å². The minimum atomic E-state index is -0.00940.